The number of nitrogens with zero attached hydrogens (tertiary/aromatic N) is 2. The molecule has 1 heterocycles. The van der Waals surface area contributed by atoms with E-state index in [1.807, 2.05) is 7.05 Å². The van der Waals surface area contributed by atoms with Gasteiger partial charge in [0.2, 0.25) is 0 Å². The molecule has 1 atom stereocenters. The molecule has 0 aliphatic heterocycles. The lowest BCUT2D eigenvalue weighted by Gasteiger charge is -2.26. The molecule has 0 aromatic carbocycles. The minimum atomic E-state index is -0.0588. The highest BCUT2D eigenvalue weighted by Crippen LogP contribution is 2.12. The molecule has 20 heavy (non-hydrogen) atoms. The summed E-state index contributed by atoms with van der Waals surface area (Å²) in [6.07, 6.45) is 2.58. The third-order valence-corrected chi connectivity index (χ3v) is 3.11. The topological polar surface area (TPSA) is 59.2 Å². The predicted octanol–water partition coefficient (Wildman–Crippen LogP) is 1.90. The second-order valence-electron chi connectivity index (χ2n) is 5.33. The van der Waals surface area contributed by atoms with Crippen LogP contribution in [0.1, 0.15) is 43.2 Å². The Bertz CT molecular complexity index is 497. The molecule has 0 aliphatic rings. The highest BCUT2D eigenvalue weighted by molar-refractivity contribution is 5.92. The van der Waals surface area contributed by atoms with Gasteiger partial charge in [-0.2, -0.15) is 0 Å². The first-order chi connectivity index (χ1) is 9.45. The summed E-state index contributed by atoms with van der Waals surface area (Å²) in [7, 11) is 1.82. The first-order valence-electron chi connectivity index (χ1n) is 6.87. The zero-order chi connectivity index (χ0) is 15.1. The van der Waals surface area contributed by atoms with E-state index in [9.17, 15) is 4.79 Å². The smallest absolute Gasteiger partial charge is 0.272 e. The van der Waals surface area contributed by atoms with Crippen molar-refractivity contribution in [2.45, 2.75) is 33.2 Å². The van der Waals surface area contributed by atoms with Crippen LogP contribution in [0.5, 0.6) is 0 Å². The summed E-state index contributed by atoms with van der Waals surface area (Å²) in [5.74, 6) is 6.14. The van der Waals surface area contributed by atoms with Gasteiger partial charge in [0.15, 0.2) is 0 Å². The van der Waals surface area contributed by atoms with Crippen LogP contribution in [0.2, 0.25) is 0 Å². The van der Waals surface area contributed by atoms with Gasteiger partial charge in [-0.05, 0) is 31.4 Å². The lowest BCUT2D eigenvalue weighted by molar-refractivity contribution is 0.0722. The van der Waals surface area contributed by atoms with Gasteiger partial charge in [0.25, 0.3) is 5.91 Å². The summed E-state index contributed by atoms with van der Waals surface area (Å²) in [5, 5.41) is 0. The average Bonchev–Trinajstić information content (AvgIpc) is 2.43. The Balaban J connectivity index is 2.76. The fourth-order valence-corrected chi connectivity index (χ4v) is 1.97. The van der Waals surface area contributed by atoms with Crippen LogP contribution >= 0.6 is 0 Å². The van der Waals surface area contributed by atoms with Crippen molar-refractivity contribution in [2.24, 2.45) is 11.7 Å². The van der Waals surface area contributed by atoms with E-state index in [2.05, 4.69) is 37.6 Å². The van der Waals surface area contributed by atoms with Crippen molar-refractivity contribution in [2.75, 3.05) is 13.6 Å². The van der Waals surface area contributed by atoms with Crippen molar-refractivity contribution in [1.29, 1.82) is 0 Å². The predicted molar refractivity (Wildman–Crippen MR) is 81.2 cm³/mol. The zero-order valence-electron chi connectivity index (χ0n) is 12.7. The summed E-state index contributed by atoms with van der Waals surface area (Å²) in [5.41, 5.74) is 6.53. The van der Waals surface area contributed by atoms with Crippen LogP contribution in [-0.2, 0) is 0 Å². The molecular weight excluding hydrogens is 250 g/mol. The molecule has 0 spiro atoms. The molecule has 1 aromatic heterocycles. The number of pyridine rings is 1. The number of aromatic nitrogens is 1. The van der Waals surface area contributed by atoms with Crippen LogP contribution in [0.25, 0.3) is 0 Å². The molecule has 0 fully saturated rings. The minimum Gasteiger partial charge on any atom is -0.338 e. The molecule has 0 bridgehead atoms. The maximum atomic E-state index is 12.3. The van der Waals surface area contributed by atoms with Gasteiger partial charge in [0.1, 0.15) is 5.69 Å². The summed E-state index contributed by atoms with van der Waals surface area (Å²) in [6.45, 7) is 6.67. The number of amides is 1. The molecule has 1 aromatic rings. The molecule has 1 rings (SSSR count). The van der Waals surface area contributed by atoms with Crippen LogP contribution in [-0.4, -0.2) is 35.4 Å². The Morgan fingerprint density at radius 3 is 2.60 bits per heavy atom. The number of nitrogens with two attached hydrogens (primary N) is 1. The van der Waals surface area contributed by atoms with E-state index in [1.54, 1.807) is 23.2 Å². The fourth-order valence-electron chi connectivity index (χ4n) is 1.97. The van der Waals surface area contributed by atoms with E-state index < -0.39 is 0 Å². The van der Waals surface area contributed by atoms with Gasteiger partial charge < -0.3 is 10.6 Å². The second-order valence-corrected chi connectivity index (χ2v) is 5.33. The van der Waals surface area contributed by atoms with Gasteiger partial charge in [-0.15, -0.1) is 0 Å². The normalized spacial score (nSPS) is 11.7. The van der Waals surface area contributed by atoms with Crippen molar-refractivity contribution in [3.63, 3.8) is 0 Å². The van der Waals surface area contributed by atoms with Gasteiger partial charge in [-0.1, -0.05) is 25.7 Å². The zero-order valence-corrected chi connectivity index (χ0v) is 12.7. The van der Waals surface area contributed by atoms with Crippen molar-refractivity contribution in [3.05, 3.63) is 29.6 Å². The van der Waals surface area contributed by atoms with Crippen molar-refractivity contribution in [1.82, 2.24) is 9.88 Å². The van der Waals surface area contributed by atoms with E-state index in [-0.39, 0.29) is 11.9 Å². The molecule has 2 N–H and O–H groups in total. The Kier molecular flexibility index (Phi) is 6.20. The Hall–Kier alpha value is -1.86. The van der Waals surface area contributed by atoms with E-state index in [0.29, 0.717) is 18.2 Å². The highest BCUT2D eigenvalue weighted by Gasteiger charge is 2.19. The van der Waals surface area contributed by atoms with Gasteiger partial charge in [-0.3, -0.25) is 4.79 Å². The quantitative estimate of drug-likeness (QED) is 0.852. The molecule has 0 radical (unpaired) electrons. The standard InChI is InChI=1S/C16H23N3O/c1-12(2)10-13(3)19(4)16(20)15-8-7-14(11-18-15)6-5-9-17/h7-8,11-13H,9-10,17H2,1-4H3. The molecule has 108 valence electrons. The highest BCUT2D eigenvalue weighted by atomic mass is 16.2. The Labute approximate surface area is 121 Å². The number of carbonyl (C=O) groups is 1. The van der Waals surface area contributed by atoms with Crippen LogP contribution in [0.15, 0.2) is 18.3 Å². The molecule has 0 aliphatic carbocycles. The van der Waals surface area contributed by atoms with Gasteiger partial charge in [0, 0.05) is 24.8 Å². The number of rotatable bonds is 4. The molecule has 4 nitrogen and oxygen atoms in total. The molecule has 4 heteroatoms. The number of hydrogen-bond acceptors (Lipinski definition) is 3. The average molecular weight is 273 g/mol. The lowest BCUT2D eigenvalue weighted by atomic mass is 10.0. The minimum absolute atomic E-state index is 0.0588. The maximum Gasteiger partial charge on any atom is 0.272 e. The number of hydrogen-bond donors (Lipinski definition) is 1. The SMILES string of the molecule is CC(C)CC(C)N(C)C(=O)c1ccc(C#CCN)cn1. The third-order valence-electron chi connectivity index (χ3n) is 3.11. The summed E-state index contributed by atoms with van der Waals surface area (Å²) in [4.78, 5) is 18.2. The fraction of sp³-hybridized carbons (Fsp3) is 0.500. The first-order valence-corrected chi connectivity index (χ1v) is 6.87. The Morgan fingerprint density at radius 2 is 2.10 bits per heavy atom. The number of carbonyl (C=O) groups excluding carboxylic acids is 1. The van der Waals surface area contributed by atoms with Gasteiger partial charge in [-0.25, -0.2) is 4.98 Å². The maximum absolute atomic E-state index is 12.3. The largest absolute Gasteiger partial charge is 0.338 e. The lowest BCUT2D eigenvalue weighted by Crippen LogP contribution is -2.36. The van der Waals surface area contributed by atoms with E-state index >= 15 is 0 Å². The van der Waals surface area contributed by atoms with Crippen LogP contribution in [0, 0.1) is 17.8 Å². The van der Waals surface area contributed by atoms with Crippen molar-refractivity contribution in [3.8, 4) is 11.8 Å². The summed E-state index contributed by atoms with van der Waals surface area (Å²) >= 11 is 0. The van der Waals surface area contributed by atoms with Crippen molar-refractivity contribution >= 4 is 5.91 Å². The first kappa shape index (κ1) is 16.2. The molecule has 1 amide bonds. The van der Waals surface area contributed by atoms with E-state index in [0.717, 1.165) is 12.0 Å². The van der Waals surface area contributed by atoms with E-state index in [4.69, 9.17) is 5.73 Å². The van der Waals surface area contributed by atoms with Gasteiger partial charge in [0.05, 0.1) is 6.54 Å². The van der Waals surface area contributed by atoms with Gasteiger partial charge >= 0.3 is 0 Å². The summed E-state index contributed by atoms with van der Waals surface area (Å²) in [6, 6.07) is 3.70. The third kappa shape index (κ3) is 4.67. The second kappa shape index (κ2) is 7.66. The molecule has 0 saturated carbocycles. The van der Waals surface area contributed by atoms with Crippen LogP contribution in [0.4, 0.5) is 0 Å². The molecule has 0 saturated heterocycles. The summed E-state index contributed by atoms with van der Waals surface area (Å²) < 4.78 is 0. The molecular formula is C16H23N3O. The van der Waals surface area contributed by atoms with E-state index in [1.165, 1.54) is 0 Å². The molecule has 1 unspecified atom stereocenters. The Morgan fingerprint density at radius 1 is 1.40 bits per heavy atom. The van der Waals surface area contributed by atoms with Crippen molar-refractivity contribution < 1.29 is 4.79 Å². The monoisotopic (exact) mass is 273 g/mol. The van der Waals surface area contributed by atoms with Crippen LogP contribution < -0.4 is 5.73 Å². The van der Waals surface area contributed by atoms with Crippen LogP contribution in [0.3, 0.4) is 0 Å².